The molecular formula is C15H18FN3O. The van der Waals surface area contributed by atoms with E-state index in [1.54, 1.807) is 23.0 Å². The molecule has 0 saturated heterocycles. The van der Waals surface area contributed by atoms with Crippen LogP contribution in [0.2, 0.25) is 0 Å². The molecule has 2 aromatic rings. The van der Waals surface area contributed by atoms with E-state index in [9.17, 15) is 9.18 Å². The van der Waals surface area contributed by atoms with Crippen LogP contribution in [0, 0.1) is 5.82 Å². The summed E-state index contributed by atoms with van der Waals surface area (Å²) in [5.74, 6) is -0.406. The molecule has 1 N–H and O–H groups in total. The number of benzene rings is 1. The van der Waals surface area contributed by atoms with Gasteiger partial charge < -0.3 is 5.32 Å². The van der Waals surface area contributed by atoms with Gasteiger partial charge in [0.15, 0.2) is 0 Å². The fourth-order valence-corrected chi connectivity index (χ4v) is 2.04. The first-order valence-corrected chi connectivity index (χ1v) is 6.78. The quantitative estimate of drug-likeness (QED) is 0.912. The van der Waals surface area contributed by atoms with Gasteiger partial charge in [0, 0.05) is 6.54 Å². The molecule has 1 amide bonds. The molecule has 1 aromatic carbocycles. The lowest BCUT2D eigenvalue weighted by Gasteiger charge is -2.08. The Morgan fingerprint density at radius 2 is 2.00 bits per heavy atom. The summed E-state index contributed by atoms with van der Waals surface area (Å²) >= 11 is 0. The monoisotopic (exact) mass is 275 g/mol. The van der Waals surface area contributed by atoms with Crippen LogP contribution in [0.25, 0.3) is 5.69 Å². The highest BCUT2D eigenvalue weighted by Gasteiger charge is 2.16. The Morgan fingerprint density at radius 1 is 1.30 bits per heavy atom. The van der Waals surface area contributed by atoms with Crippen molar-refractivity contribution in [1.82, 2.24) is 15.1 Å². The third-order valence-corrected chi connectivity index (χ3v) is 3.06. The Balaban J connectivity index is 2.34. The van der Waals surface area contributed by atoms with Gasteiger partial charge in [0.2, 0.25) is 0 Å². The second-order valence-corrected chi connectivity index (χ2v) is 4.50. The van der Waals surface area contributed by atoms with Gasteiger partial charge >= 0.3 is 0 Å². The maximum absolute atomic E-state index is 13.0. The van der Waals surface area contributed by atoms with Crippen LogP contribution in [-0.2, 0) is 6.42 Å². The smallest absolute Gasteiger partial charge is 0.254 e. The lowest BCUT2D eigenvalue weighted by molar-refractivity contribution is 0.0952. The fourth-order valence-electron chi connectivity index (χ4n) is 2.04. The molecular weight excluding hydrogens is 257 g/mol. The molecule has 0 spiro atoms. The predicted octanol–water partition coefficient (Wildman–Crippen LogP) is 2.71. The SMILES string of the molecule is CCCNC(=O)c1cnn(-c2ccc(F)cc2)c1CC. The number of halogens is 1. The largest absolute Gasteiger partial charge is 0.352 e. The van der Waals surface area contributed by atoms with Crippen molar-refractivity contribution in [3.8, 4) is 5.69 Å². The van der Waals surface area contributed by atoms with Crippen molar-refractivity contribution in [2.24, 2.45) is 0 Å². The van der Waals surface area contributed by atoms with E-state index in [-0.39, 0.29) is 11.7 Å². The van der Waals surface area contributed by atoms with Crippen molar-refractivity contribution in [3.05, 3.63) is 47.5 Å². The summed E-state index contributed by atoms with van der Waals surface area (Å²) in [6.45, 7) is 4.61. The Bertz CT molecular complexity index is 590. The highest BCUT2D eigenvalue weighted by molar-refractivity contribution is 5.95. The average Bonchev–Trinajstić information content (AvgIpc) is 2.89. The molecule has 0 fully saturated rings. The number of nitrogens with zero attached hydrogens (tertiary/aromatic N) is 2. The first kappa shape index (κ1) is 14.2. The Morgan fingerprint density at radius 3 is 2.60 bits per heavy atom. The standard InChI is InChI=1S/C15H18FN3O/c1-3-9-17-15(20)13-10-18-19(14(13)4-2)12-7-5-11(16)6-8-12/h5-8,10H,3-4,9H2,1-2H3,(H,17,20). The van der Waals surface area contributed by atoms with Gasteiger partial charge in [0.05, 0.1) is 23.1 Å². The second kappa shape index (κ2) is 6.32. The summed E-state index contributed by atoms with van der Waals surface area (Å²) < 4.78 is 14.6. The van der Waals surface area contributed by atoms with Gasteiger partial charge in [0.1, 0.15) is 5.82 Å². The molecule has 1 aromatic heterocycles. The third kappa shape index (κ3) is 2.87. The number of rotatable bonds is 5. The minimum atomic E-state index is -0.292. The van der Waals surface area contributed by atoms with Crippen molar-refractivity contribution in [3.63, 3.8) is 0 Å². The summed E-state index contributed by atoms with van der Waals surface area (Å²) in [5.41, 5.74) is 2.15. The van der Waals surface area contributed by atoms with Crippen molar-refractivity contribution < 1.29 is 9.18 Å². The molecule has 2 rings (SSSR count). The van der Waals surface area contributed by atoms with Crippen LogP contribution >= 0.6 is 0 Å². The maximum atomic E-state index is 13.0. The highest BCUT2D eigenvalue weighted by Crippen LogP contribution is 2.16. The molecule has 0 radical (unpaired) electrons. The summed E-state index contributed by atoms with van der Waals surface area (Å²) in [6, 6.07) is 6.06. The van der Waals surface area contributed by atoms with E-state index in [0.717, 1.165) is 17.8 Å². The van der Waals surface area contributed by atoms with E-state index in [1.807, 2.05) is 13.8 Å². The number of hydrogen-bond donors (Lipinski definition) is 1. The molecule has 0 bridgehead atoms. The first-order valence-electron chi connectivity index (χ1n) is 6.78. The van der Waals surface area contributed by atoms with E-state index >= 15 is 0 Å². The Hall–Kier alpha value is -2.17. The van der Waals surface area contributed by atoms with Gasteiger partial charge in [-0.3, -0.25) is 4.79 Å². The van der Waals surface area contributed by atoms with Gasteiger partial charge in [-0.15, -0.1) is 0 Å². The molecule has 0 aliphatic heterocycles. The average molecular weight is 275 g/mol. The molecule has 0 atom stereocenters. The molecule has 1 heterocycles. The van der Waals surface area contributed by atoms with Crippen LogP contribution < -0.4 is 5.32 Å². The van der Waals surface area contributed by atoms with Crippen LogP contribution in [0.4, 0.5) is 4.39 Å². The Labute approximate surface area is 117 Å². The number of hydrogen-bond acceptors (Lipinski definition) is 2. The Kier molecular flexibility index (Phi) is 4.50. The summed E-state index contributed by atoms with van der Waals surface area (Å²) in [5, 5.41) is 7.09. The van der Waals surface area contributed by atoms with E-state index < -0.39 is 0 Å². The zero-order chi connectivity index (χ0) is 14.5. The minimum absolute atomic E-state index is 0.114. The summed E-state index contributed by atoms with van der Waals surface area (Å²) in [4.78, 5) is 12.1. The van der Waals surface area contributed by atoms with Crippen LogP contribution in [0.3, 0.4) is 0 Å². The molecule has 0 saturated carbocycles. The van der Waals surface area contributed by atoms with Crippen molar-refractivity contribution in [2.45, 2.75) is 26.7 Å². The molecule has 4 nitrogen and oxygen atoms in total. The van der Waals surface area contributed by atoms with Crippen molar-refractivity contribution in [2.75, 3.05) is 6.54 Å². The van der Waals surface area contributed by atoms with Gasteiger partial charge in [0.25, 0.3) is 5.91 Å². The van der Waals surface area contributed by atoms with Crippen molar-refractivity contribution >= 4 is 5.91 Å². The first-order chi connectivity index (χ1) is 9.67. The summed E-state index contributed by atoms with van der Waals surface area (Å²) in [6.07, 6.45) is 3.12. The number of carbonyl (C=O) groups is 1. The van der Waals surface area contributed by atoms with E-state index in [2.05, 4.69) is 10.4 Å². The normalized spacial score (nSPS) is 10.6. The maximum Gasteiger partial charge on any atom is 0.254 e. The number of aromatic nitrogens is 2. The number of amides is 1. The van der Waals surface area contributed by atoms with Gasteiger partial charge in [-0.1, -0.05) is 13.8 Å². The van der Waals surface area contributed by atoms with E-state index in [1.165, 1.54) is 12.1 Å². The fraction of sp³-hybridized carbons (Fsp3) is 0.333. The van der Waals surface area contributed by atoms with Crippen LogP contribution in [0.1, 0.15) is 36.3 Å². The zero-order valence-electron chi connectivity index (χ0n) is 11.7. The third-order valence-electron chi connectivity index (χ3n) is 3.06. The lowest BCUT2D eigenvalue weighted by atomic mass is 10.2. The number of nitrogens with one attached hydrogen (secondary N) is 1. The number of carbonyl (C=O) groups excluding carboxylic acids is 1. The van der Waals surface area contributed by atoms with Crippen molar-refractivity contribution in [1.29, 1.82) is 0 Å². The molecule has 5 heteroatoms. The van der Waals surface area contributed by atoms with Crippen LogP contribution in [0.5, 0.6) is 0 Å². The topological polar surface area (TPSA) is 46.9 Å². The molecule has 0 aliphatic carbocycles. The van der Waals surface area contributed by atoms with Crippen LogP contribution in [0.15, 0.2) is 30.5 Å². The second-order valence-electron chi connectivity index (χ2n) is 4.50. The van der Waals surface area contributed by atoms with Gasteiger partial charge in [-0.05, 0) is 37.1 Å². The summed E-state index contributed by atoms with van der Waals surface area (Å²) in [7, 11) is 0. The zero-order valence-corrected chi connectivity index (χ0v) is 11.7. The molecule has 0 unspecified atom stereocenters. The highest BCUT2D eigenvalue weighted by atomic mass is 19.1. The molecule has 20 heavy (non-hydrogen) atoms. The van der Waals surface area contributed by atoms with Crippen LogP contribution in [-0.4, -0.2) is 22.2 Å². The lowest BCUT2D eigenvalue weighted by Crippen LogP contribution is -2.24. The minimum Gasteiger partial charge on any atom is -0.352 e. The van der Waals surface area contributed by atoms with E-state index in [0.29, 0.717) is 18.5 Å². The van der Waals surface area contributed by atoms with Gasteiger partial charge in [-0.25, -0.2) is 9.07 Å². The molecule has 0 aliphatic rings. The molecule has 106 valence electrons. The predicted molar refractivity (Wildman–Crippen MR) is 75.5 cm³/mol. The van der Waals surface area contributed by atoms with E-state index in [4.69, 9.17) is 0 Å². The van der Waals surface area contributed by atoms with Gasteiger partial charge in [-0.2, -0.15) is 5.10 Å².